The highest BCUT2D eigenvalue weighted by Gasteiger charge is 2.06. The summed E-state index contributed by atoms with van der Waals surface area (Å²) < 4.78 is 18.6. The molecule has 4 heteroatoms. The predicted octanol–water partition coefficient (Wildman–Crippen LogP) is 3.60. The molecule has 1 N–H and O–H groups in total. The molecule has 0 radical (unpaired) electrons. The van der Waals surface area contributed by atoms with Crippen LogP contribution in [0.25, 0.3) is 0 Å². The van der Waals surface area contributed by atoms with Crippen molar-refractivity contribution in [2.45, 2.75) is 23.3 Å². The van der Waals surface area contributed by atoms with Crippen LogP contribution in [-0.4, -0.2) is 7.05 Å². The lowest BCUT2D eigenvalue weighted by Crippen LogP contribution is -2.05. The fourth-order valence-corrected chi connectivity index (χ4v) is 2.54. The van der Waals surface area contributed by atoms with Gasteiger partial charge in [-0.15, -0.1) is 0 Å². The van der Waals surface area contributed by atoms with Crippen LogP contribution >= 0.6 is 11.8 Å². The summed E-state index contributed by atoms with van der Waals surface area (Å²) >= 11 is 1.51. The molecular formula is C13H14FNOS. The van der Waals surface area contributed by atoms with Crippen LogP contribution in [-0.2, 0) is 6.54 Å². The largest absolute Gasteiger partial charge is 0.468 e. The molecule has 0 amide bonds. The SMILES string of the molecule is CNCc1cc(F)cc(Sc2ccoc2C)c1. The number of furan rings is 1. The quantitative estimate of drug-likeness (QED) is 0.898. The third kappa shape index (κ3) is 3.11. The summed E-state index contributed by atoms with van der Waals surface area (Å²) in [5.74, 6) is 0.649. The van der Waals surface area contributed by atoms with Gasteiger partial charge >= 0.3 is 0 Å². The summed E-state index contributed by atoms with van der Waals surface area (Å²) in [4.78, 5) is 1.91. The summed E-state index contributed by atoms with van der Waals surface area (Å²) in [6.45, 7) is 2.56. The Morgan fingerprint density at radius 2 is 2.18 bits per heavy atom. The molecule has 1 aromatic carbocycles. The average molecular weight is 251 g/mol. The van der Waals surface area contributed by atoms with Crippen LogP contribution in [0, 0.1) is 12.7 Å². The van der Waals surface area contributed by atoms with Gasteiger partial charge in [0.25, 0.3) is 0 Å². The highest BCUT2D eigenvalue weighted by molar-refractivity contribution is 7.99. The van der Waals surface area contributed by atoms with Crippen LogP contribution < -0.4 is 5.32 Å². The van der Waals surface area contributed by atoms with Crippen molar-refractivity contribution in [2.75, 3.05) is 7.05 Å². The molecule has 0 saturated heterocycles. The molecule has 0 spiro atoms. The van der Waals surface area contributed by atoms with Crippen LogP contribution in [0.3, 0.4) is 0 Å². The Morgan fingerprint density at radius 3 is 2.82 bits per heavy atom. The highest BCUT2D eigenvalue weighted by atomic mass is 32.2. The average Bonchev–Trinajstić information content (AvgIpc) is 2.64. The van der Waals surface area contributed by atoms with Gasteiger partial charge < -0.3 is 9.73 Å². The zero-order valence-corrected chi connectivity index (χ0v) is 10.6. The van der Waals surface area contributed by atoms with Crippen molar-refractivity contribution in [3.8, 4) is 0 Å². The highest BCUT2D eigenvalue weighted by Crippen LogP contribution is 2.31. The van der Waals surface area contributed by atoms with Crippen molar-refractivity contribution in [3.05, 3.63) is 47.7 Å². The second-order valence-electron chi connectivity index (χ2n) is 3.77. The molecule has 1 heterocycles. The molecule has 0 aliphatic rings. The van der Waals surface area contributed by atoms with E-state index in [-0.39, 0.29) is 5.82 Å². The second kappa shape index (κ2) is 5.38. The molecule has 0 fully saturated rings. The Morgan fingerprint density at radius 1 is 1.35 bits per heavy atom. The van der Waals surface area contributed by atoms with Crippen molar-refractivity contribution < 1.29 is 8.81 Å². The second-order valence-corrected chi connectivity index (χ2v) is 4.88. The first kappa shape index (κ1) is 12.2. The van der Waals surface area contributed by atoms with Gasteiger partial charge in [-0.2, -0.15) is 0 Å². The summed E-state index contributed by atoms with van der Waals surface area (Å²) in [5.41, 5.74) is 0.941. The summed E-state index contributed by atoms with van der Waals surface area (Å²) in [7, 11) is 1.85. The Hall–Kier alpha value is -1.26. The van der Waals surface area contributed by atoms with E-state index < -0.39 is 0 Å². The molecule has 2 nitrogen and oxygen atoms in total. The molecule has 0 aliphatic carbocycles. The van der Waals surface area contributed by atoms with Gasteiger partial charge in [-0.05, 0) is 43.8 Å². The van der Waals surface area contributed by atoms with Crippen LogP contribution in [0.1, 0.15) is 11.3 Å². The Labute approximate surface area is 104 Å². The maximum absolute atomic E-state index is 13.4. The molecule has 1 aromatic heterocycles. The van der Waals surface area contributed by atoms with Crippen LogP contribution in [0.5, 0.6) is 0 Å². The molecule has 17 heavy (non-hydrogen) atoms. The van der Waals surface area contributed by atoms with Gasteiger partial charge in [-0.25, -0.2) is 4.39 Å². The van der Waals surface area contributed by atoms with E-state index in [0.29, 0.717) is 6.54 Å². The van der Waals surface area contributed by atoms with E-state index in [2.05, 4.69) is 5.32 Å². The summed E-state index contributed by atoms with van der Waals surface area (Å²) in [5, 5.41) is 3.01. The third-order valence-corrected chi connectivity index (χ3v) is 3.47. The summed E-state index contributed by atoms with van der Waals surface area (Å²) in [6, 6.07) is 6.96. The number of rotatable bonds is 4. The molecule has 2 aromatic rings. The molecule has 90 valence electrons. The van der Waals surface area contributed by atoms with E-state index in [1.165, 1.54) is 17.8 Å². The number of halogens is 1. The first-order chi connectivity index (χ1) is 8.19. The molecule has 2 rings (SSSR count). The molecular weight excluding hydrogens is 237 g/mol. The number of hydrogen-bond donors (Lipinski definition) is 1. The van der Waals surface area contributed by atoms with Gasteiger partial charge in [0.2, 0.25) is 0 Å². The van der Waals surface area contributed by atoms with Gasteiger partial charge in [0.15, 0.2) is 0 Å². The first-order valence-electron chi connectivity index (χ1n) is 5.35. The summed E-state index contributed by atoms with van der Waals surface area (Å²) in [6.07, 6.45) is 1.64. The molecule has 0 unspecified atom stereocenters. The maximum Gasteiger partial charge on any atom is 0.124 e. The van der Waals surface area contributed by atoms with Crippen molar-refractivity contribution in [1.82, 2.24) is 5.32 Å². The van der Waals surface area contributed by atoms with Gasteiger partial charge in [0, 0.05) is 11.4 Å². The van der Waals surface area contributed by atoms with E-state index in [1.54, 1.807) is 12.3 Å². The van der Waals surface area contributed by atoms with Crippen LogP contribution in [0.15, 0.2) is 44.7 Å². The van der Waals surface area contributed by atoms with Crippen LogP contribution in [0.2, 0.25) is 0 Å². The fraction of sp³-hybridized carbons (Fsp3) is 0.231. The third-order valence-electron chi connectivity index (χ3n) is 2.35. The molecule has 0 saturated carbocycles. The van der Waals surface area contributed by atoms with Crippen molar-refractivity contribution in [3.63, 3.8) is 0 Å². The normalized spacial score (nSPS) is 10.8. The lowest BCUT2D eigenvalue weighted by molar-refractivity contribution is 0.527. The van der Waals surface area contributed by atoms with Gasteiger partial charge in [-0.1, -0.05) is 11.8 Å². The van der Waals surface area contributed by atoms with Crippen molar-refractivity contribution in [2.24, 2.45) is 0 Å². The van der Waals surface area contributed by atoms with Crippen molar-refractivity contribution >= 4 is 11.8 Å². The maximum atomic E-state index is 13.4. The number of aryl methyl sites for hydroxylation is 1. The van der Waals surface area contributed by atoms with E-state index in [4.69, 9.17) is 4.42 Å². The monoisotopic (exact) mass is 251 g/mol. The van der Waals surface area contributed by atoms with Gasteiger partial charge in [0.1, 0.15) is 11.6 Å². The minimum Gasteiger partial charge on any atom is -0.468 e. The predicted molar refractivity (Wildman–Crippen MR) is 66.7 cm³/mol. The van der Waals surface area contributed by atoms with E-state index in [0.717, 1.165) is 21.1 Å². The van der Waals surface area contributed by atoms with E-state index >= 15 is 0 Å². The van der Waals surface area contributed by atoms with Crippen LogP contribution in [0.4, 0.5) is 4.39 Å². The molecule has 0 atom stereocenters. The van der Waals surface area contributed by atoms with Crippen molar-refractivity contribution in [1.29, 1.82) is 0 Å². The lowest BCUT2D eigenvalue weighted by Gasteiger charge is -2.05. The van der Waals surface area contributed by atoms with Gasteiger partial charge in [0.05, 0.1) is 11.2 Å². The van der Waals surface area contributed by atoms with E-state index in [9.17, 15) is 4.39 Å². The number of benzene rings is 1. The molecule has 0 aliphatic heterocycles. The standard InChI is InChI=1S/C13H14FNOS/c1-9-13(3-4-16-9)17-12-6-10(8-15-2)5-11(14)7-12/h3-7,15H,8H2,1-2H3. The minimum atomic E-state index is -0.207. The molecule has 0 bridgehead atoms. The zero-order chi connectivity index (χ0) is 12.3. The Bertz CT molecular complexity index is 510. The lowest BCUT2D eigenvalue weighted by atomic mass is 10.2. The number of hydrogen-bond acceptors (Lipinski definition) is 3. The van der Waals surface area contributed by atoms with Gasteiger partial charge in [-0.3, -0.25) is 0 Å². The zero-order valence-electron chi connectivity index (χ0n) is 9.79. The smallest absolute Gasteiger partial charge is 0.124 e. The number of nitrogens with one attached hydrogen (secondary N) is 1. The first-order valence-corrected chi connectivity index (χ1v) is 6.16. The topological polar surface area (TPSA) is 25.2 Å². The Balaban J connectivity index is 2.23. The minimum absolute atomic E-state index is 0.207. The Kier molecular flexibility index (Phi) is 3.86. The van der Waals surface area contributed by atoms with E-state index in [1.807, 2.05) is 26.1 Å². The fourth-order valence-electron chi connectivity index (χ4n) is 1.59.